The number of aromatic nitrogens is 3. The summed E-state index contributed by atoms with van der Waals surface area (Å²) in [6, 6.07) is 9.85. The van der Waals surface area contributed by atoms with E-state index in [1.54, 1.807) is 10.8 Å². The fourth-order valence-corrected chi connectivity index (χ4v) is 4.00. The molecule has 168 valence electrons. The van der Waals surface area contributed by atoms with Crippen molar-refractivity contribution < 1.29 is 14.6 Å². The molecule has 9 heteroatoms. The Hall–Kier alpha value is -3.87. The van der Waals surface area contributed by atoms with Crippen LogP contribution in [0.1, 0.15) is 28.1 Å². The van der Waals surface area contributed by atoms with Crippen molar-refractivity contribution in [3.8, 4) is 17.6 Å². The van der Waals surface area contributed by atoms with Gasteiger partial charge in [0.1, 0.15) is 5.69 Å². The Morgan fingerprint density at radius 1 is 1.06 bits per heavy atom. The second kappa shape index (κ2) is 8.94. The summed E-state index contributed by atoms with van der Waals surface area (Å²) in [6.45, 7) is 4.80. The maximum Gasteiger partial charge on any atom is 0.329 e. The van der Waals surface area contributed by atoms with Gasteiger partial charge in [0.25, 0.3) is 5.56 Å². The van der Waals surface area contributed by atoms with Gasteiger partial charge in [0.2, 0.25) is 5.75 Å². The van der Waals surface area contributed by atoms with E-state index in [2.05, 4.69) is 38.8 Å². The summed E-state index contributed by atoms with van der Waals surface area (Å²) in [4.78, 5) is 34.4. The van der Waals surface area contributed by atoms with E-state index in [0.29, 0.717) is 6.54 Å². The fourth-order valence-electron chi connectivity index (χ4n) is 4.00. The first-order valence-corrected chi connectivity index (χ1v) is 10.7. The second-order valence-electron chi connectivity index (χ2n) is 8.09. The van der Waals surface area contributed by atoms with Crippen molar-refractivity contribution in [3.63, 3.8) is 0 Å². The molecule has 1 saturated heterocycles. The van der Waals surface area contributed by atoms with Crippen molar-refractivity contribution in [2.75, 3.05) is 26.3 Å². The van der Waals surface area contributed by atoms with Gasteiger partial charge in [-0.1, -0.05) is 24.0 Å². The lowest BCUT2D eigenvalue weighted by Gasteiger charge is -2.26. The number of fused-ring (bicyclic) bond motifs is 1. The number of morpholine rings is 1. The molecule has 33 heavy (non-hydrogen) atoms. The van der Waals surface area contributed by atoms with Gasteiger partial charge in [-0.15, -0.1) is 0 Å². The zero-order chi connectivity index (χ0) is 22.8. The number of carbonyl (C=O) groups excluding carboxylic acids is 1. The molecule has 2 N–H and O–H groups in total. The Bertz CT molecular complexity index is 1290. The van der Waals surface area contributed by atoms with Gasteiger partial charge in [0, 0.05) is 42.7 Å². The lowest BCUT2D eigenvalue weighted by Crippen LogP contribution is -2.35. The Kier molecular flexibility index (Phi) is 5.69. The monoisotopic (exact) mass is 445 g/mol. The van der Waals surface area contributed by atoms with E-state index in [1.165, 1.54) is 16.8 Å². The van der Waals surface area contributed by atoms with E-state index in [4.69, 9.17) is 4.74 Å². The van der Waals surface area contributed by atoms with Gasteiger partial charge < -0.3 is 19.7 Å². The topological polar surface area (TPSA) is 104 Å². The van der Waals surface area contributed by atoms with Crippen molar-refractivity contribution in [3.05, 3.63) is 81.3 Å². The van der Waals surface area contributed by atoms with Crippen molar-refractivity contribution in [1.29, 1.82) is 0 Å². The molecule has 0 atom stereocenters. The van der Waals surface area contributed by atoms with Crippen molar-refractivity contribution >= 4 is 6.03 Å². The average molecular weight is 445 g/mol. The standard InChI is InChI=1S/C24H23N5O4/c30-22-21(25-16-26-23(22)31)15-28-14-20-11-19(13-29(20)24(28)32)6-3-17-1-4-18(5-2-17)12-27-7-9-33-10-8-27/h1-2,4-5,11,13,16,30H,7-10,12,14-15H2,(H,25,26,31). The van der Waals surface area contributed by atoms with E-state index >= 15 is 0 Å². The summed E-state index contributed by atoms with van der Waals surface area (Å²) in [5, 5.41) is 9.86. The molecular formula is C24H23N5O4. The number of benzene rings is 1. The molecule has 1 fully saturated rings. The minimum Gasteiger partial charge on any atom is -0.502 e. The summed E-state index contributed by atoms with van der Waals surface area (Å²) in [6.07, 6.45) is 2.92. The molecule has 0 saturated carbocycles. The highest BCUT2D eigenvalue weighted by Gasteiger charge is 2.28. The highest BCUT2D eigenvalue weighted by atomic mass is 16.5. The van der Waals surface area contributed by atoms with Crippen LogP contribution >= 0.6 is 0 Å². The largest absolute Gasteiger partial charge is 0.502 e. The number of H-pyrrole nitrogens is 1. The molecule has 2 aliphatic rings. The van der Waals surface area contributed by atoms with Crippen molar-refractivity contribution in [1.82, 2.24) is 24.3 Å². The normalized spacial score (nSPS) is 15.9. The van der Waals surface area contributed by atoms with Crippen molar-refractivity contribution in [2.24, 2.45) is 0 Å². The number of nitrogens with one attached hydrogen (secondary N) is 1. The molecule has 2 aliphatic heterocycles. The van der Waals surface area contributed by atoms with Gasteiger partial charge in [-0.2, -0.15) is 0 Å². The Labute approximate surface area is 190 Å². The highest BCUT2D eigenvalue weighted by molar-refractivity contribution is 5.81. The van der Waals surface area contributed by atoms with E-state index in [9.17, 15) is 14.7 Å². The first-order chi connectivity index (χ1) is 16.1. The highest BCUT2D eigenvalue weighted by Crippen LogP contribution is 2.22. The molecule has 0 radical (unpaired) electrons. The lowest BCUT2D eigenvalue weighted by atomic mass is 10.1. The summed E-state index contributed by atoms with van der Waals surface area (Å²) < 4.78 is 6.93. The summed E-state index contributed by atoms with van der Waals surface area (Å²) >= 11 is 0. The van der Waals surface area contributed by atoms with Crippen LogP contribution in [-0.4, -0.2) is 61.8 Å². The SMILES string of the molecule is O=C1N(Cc2nc[nH]c(=O)c2O)Cc2cc(C#Cc3ccc(CN4CCOCC4)cc3)cn21. The van der Waals surface area contributed by atoms with Crippen LogP contribution in [0.5, 0.6) is 5.75 Å². The van der Waals surface area contributed by atoms with Crippen LogP contribution < -0.4 is 5.56 Å². The van der Waals surface area contributed by atoms with E-state index in [1.807, 2.05) is 18.2 Å². The number of aromatic hydroxyl groups is 1. The fraction of sp³-hybridized carbons (Fsp3) is 0.292. The first-order valence-electron chi connectivity index (χ1n) is 10.7. The molecule has 2 aromatic heterocycles. The molecule has 0 unspecified atom stereocenters. The van der Waals surface area contributed by atoms with E-state index in [-0.39, 0.29) is 18.3 Å². The third kappa shape index (κ3) is 4.53. The summed E-state index contributed by atoms with van der Waals surface area (Å²) in [7, 11) is 0. The second-order valence-corrected chi connectivity index (χ2v) is 8.09. The predicted octanol–water partition coefficient (Wildman–Crippen LogP) is 1.49. The van der Waals surface area contributed by atoms with Gasteiger partial charge in [0.05, 0.1) is 32.6 Å². The molecule has 1 amide bonds. The molecule has 1 aromatic carbocycles. The number of nitrogens with zero attached hydrogens (tertiary/aromatic N) is 4. The lowest BCUT2D eigenvalue weighted by molar-refractivity contribution is 0.0342. The van der Waals surface area contributed by atoms with Crippen molar-refractivity contribution in [2.45, 2.75) is 19.6 Å². The summed E-state index contributed by atoms with van der Waals surface area (Å²) in [5.74, 6) is 5.82. The van der Waals surface area contributed by atoms with E-state index in [0.717, 1.165) is 49.7 Å². The summed E-state index contributed by atoms with van der Waals surface area (Å²) in [5.41, 5.74) is 3.25. The van der Waals surface area contributed by atoms with Gasteiger partial charge >= 0.3 is 6.03 Å². The molecule has 5 rings (SSSR count). The van der Waals surface area contributed by atoms with Gasteiger partial charge in [-0.25, -0.2) is 9.78 Å². The first kappa shape index (κ1) is 21.0. The number of rotatable bonds is 4. The zero-order valence-electron chi connectivity index (χ0n) is 18.0. The molecule has 0 aliphatic carbocycles. The molecule has 0 spiro atoms. The number of aromatic amines is 1. The number of amides is 1. The molecule has 0 bridgehead atoms. The number of hydrogen-bond donors (Lipinski definition) is 2. The minimum atomic E-state index is -0.627. The zero-order valence-corrected chi connectivity index (χ0v) is 18.0. The number of hydrogen-bond acceptors (Lipinski definition) is 6. The maximum absolute atomic E-state index is 12.7. The third-order valence-electron chi connectivity index (χ3n) is 5.79. The molecular weight excluding hydrogens is 422 g/mol. The van der Waals surface area contributed by atoms with E-state index < -0.39 is 11.3 Å². The van der Waals surface area contributed by atoms with Crippen LogP contribution in [0.25, 0.3) is 0 Å². The minimum absolute atomic E-state index is 0.0497. The van der Waals surface area contributed by atoms with Crippen LogP contribution in [-0.2, 0) is 24.4 Å². The van der Waals surface area contributed by atoms with Gasteiger partial charge in [-0.3, -0.25) is 14.3 Å². The van der Waals surface area contributed by atoms with Gasteiger partial charge in [0.15, 0.2) is 0 Å². The Balaban J connectivity index is 1.23. The smallest absolute Gasteiger partial charge is 0.329 e. The van der Waals surface area contributed by atoms with Crippen LogP contribution in [0, 0.1) is 11.8 Å². The van der Waals surface area contributed by atoms with Crippen LogP contribution in [0.15, 0.2) is 47.7 Å². The third-order valence-corrected chi connectivity index (χ3v) is 5.79. The number of carbonyl (C=O) groups is 1. The van der Waals surface area contributed by atoms with Gasteiger partial charge in [-0.05, 0) is 23.8 Å². The predicted molar refractivity (Wildman–Crippen MR) is 120 cm³/mol. The Morgan fingerprint density at radius 2 is 1.82 bits per heavy atom. The molecule has 9 nitrogen and oxygen atoms in total. The average Bonchev–Trinajstić information content (AvgIpc) is 3.35. The number of ether oxygens (including phenoxy) is 1. The van der Waals surface area contributed by atoms with Crippen LogP contribution in [0.3, 0.4) is 0 Å². The maximum atomic E-state index is 12.7. The quantitative estimate of drug-likeness (QED) is 0.590. The molecule has 4 heterocycles. The molecule has 3 aromatic rings. The Morgan fingerprint density at radius 3 is 2.58 bits per heavy atom. The van der Waals surface area contributed by atoms with Crippen LogP contribution in [0.2, 0.25) is 0 Å². The van der Waals surface area contributed by atoms with Crippen LogP contribution in [0.4, 0.5) is 4.79 Å².